The molecule has 2 heterocycles. The average molecular weight is 291 g/mol. The quantitative estimate of drug-likeness (QED) is 0.775. The van der Waals surface area contributed by atoms with Crippen molar-refractivity contribution in [3.8, 4) is 0 Å². The van der Waals surface area contributed by atoms with Gasteiger partial charge in [-0.3, -0.25) is 4.79 Å². The van der Waals surface area contributed by atoms with Crippen molar-refractivity contribution in [2.24, 2.45) is 0 Å². The van der Waals surface area contributed by atoms with Crippen LogP contribution < -0.4 is 15.5 Å². The van der Waals surface area contributed by atoms with Crippen molar-refractivity contribution in [2.45, 2.75) is 13.0 Å². The molecule has 2 aromatic rings. The largest absolute Gasteiger partial charge is 0.355 e. The van der Waals surface area contributed by atoms with Gasteiger partial charge in [-0.25, -0.2) is 9.37 Å². The second-order valence-corrected chi connectivity index (χ2v) is 5.03. The Labute approximate surface area is 121 Å². The fourth-order valence-electron chi connectivity index (χ4n) is 2.59. The molecule has 6 nitrogen and oxygen atoms in total. The van der Waals surface area contributed by atoms with Crippen LogP contribution in [0.25, 0.3) is 11.0 Å². The zero-order chi connectivity index (χ0) is 14.8. The van der Waals surface area contributed by atoms with Crippen LogP contribution in [0.15, 0.2) is 18.2 Å². The van der Waals surface area contributed by atoms with Gasteiger partial charge in [0.15, 0.2) is 0 Å². The highest BCUT2D eigenvalue weighted by Crippen LogP contribution is 2.20. The molecule has 0 radical (unpaired) electrons. The number of nitrogens with zero attached hydrogens (tertiary/aromatic N) is 2. The number of H-pyrrole nitrogens is 1. The number of halogens is 1. The zero-order valence-electron chi connectivity index (χ0n) is 11.8. The van der Waals surface area contributed by atoms with Crippen LogP contribution in [0, 0.1) is 5.82 Å². The Morgan fingerprint density at radius 3 is 3.24 bits per heavy atom. The molecule has 1 unspecified atom stereocenters. The summed E-state index contributed by atoms with van der Waals surface area (Å²) in [6.07, 6.45) is 0. The molecule has 1 amide bonds. The Kier molecular flexibility index (Phi) is 3.74. The third-order valence-corrected chi connectivity index (χ3v) is 3.60. The number of benzene rings is 1. The van der Waals surface area contributed by atoms with Gasteiger partial charge in [-0.05, 0) is 25.1 Å². The van der Waals surface area contributed by atoms with E-state index in [-0.39, 0.29) is 17.8 Å². The van der Waals surface area contributed by atoms with Gasteiger partial charge in [0, 0.05) is 26.2 Å². The van der Waals surface area contributed by atoms with Gasteiger partial charge >= 0.3 is 0 Å². The third kappa shape index (κ3) is 2.69. The normalized spacial score (nSPS) is 19.0. The first-order chi connectivity index (χ1) is 10.2. The first-order valence-corrected chi connectivity index (χ1v) is 7.09. The van der Waals surface area contributed by atoms with E-state index in [0.717, 1.165) is 6.54 Å². The first kappa shape index (κ1) is 13.8. The second-order valence-electron chi connectivity index (χ2n) is 5.03. The molecule has 3 rings (SSSR count). The number of fused-ring (bicyclic) bond motifs is 1. The lowest BCUT2D eigenvalue weighted by molar-refractivity contribution is -0.122. The highest BCUT2D eigenvalue weighted by molar-refractivity contribution is 5.86. The minimum Gasteiger partial charge on any atom is -0.355 e. The van der Waals surface area contributed by atoms with Gasteiger partial charge in [0.25, 0.3) is 0 Å². The molecule has 1 saturated heterocycles. The summed E-state index contributed by atoms with van der Waals surface area (Å²) in [4.78, 5) is 21.7. The summed E-state index contributed by atoms with van der Waals surface area (Å²) in [5, 5.41) is 6.05. The molecule has 1 aliphatic rings. The molecular weight excluding hydrogens is 273 g/mol. The number of carbonyl (C=O) groups is 1. The van der Waals surface area contributed by atoms with E-state index in [4.69, 9.17) is 0 Å². The maximum absolute atomic E-state index is 13.3. The molecule has 1 aromatic heterocycles. The molecule has 1 aliphatic heterocycles. The van der Waals surface area contributed by atoms with Crippen LogP contribution in [0.1, 0.15) is 6.92 Å². The molecule has 0 saturated carbocycles. The van der Waals surface area contributed by atoms with E-state index in [2.05, 4.69) is 20.6 Å². The van der Waals surface area contributed by atoms with Gasteiger partial charge in [0.2, 0.25) is 11.9 Å². The highest BCUT2D eigenvalue weighted by atomic mass is 19.1. The number of carbonyl (C=O) groups excluding carboxylic acids is 1. The lowest BCUT2D eigenvalue weighted by atomic mass is 10.2. The second kappa shape index (κ2) is 5.69. The van der Waals surface area contributed by atoms with Crippen molar-refractivity contribution in [3.63, 3.8) is 0 Å². The number of anilines is 1. The number of aromatic amines is 1. The summed E-state index contributed by atoms with van der Waals surface area (Å²) in [6.45, 7) is 4.50. The summed E-state index contributed by atoms with van der Waals surface area (Å²) < 4.78 is 13.3. The van der Waals surface area contributed by atoms with Crippen LogP contribution in [0.2, 0.25) is 0 Å². The molecule has 7 heteroatoms. The molecule has 3 N–H and O–H groups in total. The van der Waals surface area contributed by atoms with Crippen molar-refractivity contribution in [1.82, 2.24) is 20.6 Å². The summed E-state index contributed by atoms with van der Waals surface area (Å²) in [5.74, 6) is 0.267. The SMILES string of the molecule is CCNC(=O)C1CNCCN1c1nc2ccc(F)cc2[nH]1. The Balaban J connectivity index is 1.92. The van der Waals surface area contributed by atoms with Gasteiger partial charge in [0.1, 0.15) is 11.9 Å². The number of likely N-dealkylation sites (N-methyl/N-ethyl adjacent to an activating group) is 1. The smallest absolute Gasteiger partial charge is 0.244 e. The van der Waals surface area contributed by atoms with Crippen LogP contribution in [-0.2, 0) is 4.79 Å². The van der Waals surface area contributed by atoms with Crippen LogP contribution in [0.4, 0.5) is 10.3 Å². The summed E-state index contributed by atoms with van der Waals surface area (Å²) in [5.41, 5.74) is 1.33. The van der Waals surface area contributed by atoms with E-state index in [1.165, 1.54) is 12.1 Å². The maximum atomic E-state index is 13.3. The van der Waals surface area contributed by atoms with Gasteiger partial charge in [-0.15, -0.1) is 0 Å². The fourth-order valence-corrected chi connectivity index (χ4v) is 2.59. The number of rotatable bonds is 3. The fraction of sp³-hybridized carbons (Fsp3) is 0.429. The molecule has 112 valence electrons. The number of hydrogen-bond acceptors (Lipinski definition) is 4. The van der Waals surface area contributed by atoms with Gasteiger partial charge in [-0.1, -0.05) is 0 Å². The lowest BCUT2D eigenvalue weighted by Gasteiger charge is -2.34. The van der Waals surface area contributed by atoms with Crippen LogP contribution in [0.5, 0.6) is 0 Å². The molecule has 0 bridgehead atoms. The summed E-state index contributed by atoms with van der Waals surface area (Å²) in [7, 11) is 0. The summed E-state index contributed by atoms with van der Waals surface area (Å²) >= 11 is 0. The monoisotopic (exact) mass is 291 g/mol. The highest BCUT2D eigenvalue weighted by Gasteiger charge is 2.30. The Bertz CT molecular complexity index is 656. The van der Waals surface area contributed by atoms with Crippen LogP contribution in [-0.4, -0.2) is 48.1 Å². The molecular formula is C14H18FN5O. The van der Waals surface area contributed by atoms with Crippen molar-refractivity contribution in [1.29, 1.82) is 0 Å². The molecule has 1 aromatic carbocycles. The number of imidazole rings is 1. The van der Waals surface area contributed by atoms with Gasteiger partial charge in [-0.2, -0.15) is 0 Å². The standard InChI is InChI=1S/C14H18FN5O/c1-2-17-13(21)12-8-16-5-6-20(12)14-18-10-4-3-9(15)7-11(10)19-14/h3-4,7,12,16H,2,5-6,8H2,1H3,(H,17,21)(H,18,19). The van der Waals surface area contributed by atoms with E-state index < -0.39 is 0 Å². The number of nitrogens with one attached hydrogen (secondary N) is 3. The molecule has 21 heavy (non-hydrogen) atoms. The van der Waals surface area contributed by atoms with E-state index in [1.54, 1.807) is 6.07 Å². The van der Waals surface area contributed by atoms with Gasteiger partial charge < -0.3 is 20.5 Å². The number of piperazine rings is 1. The minimum absolute atomic E-state index is 0.0312. The van der Waals surface area contributed by atoms with Crippen LogP contribution >= 0.6 is 0 Å². The van der Waals surface area contributed by atoms with E-state index in [1.807, 2.05) is 11.8 Å². The lowest BCUT2D eigenvalue weighted by Crippen LogP contribution is -2.58. The third-order valence-electron chi connectivity index (χ3n) is 3.60. The molecule has 0 spiro atoms. The molecule has 1 fully saturated rings. The van der Waals surface area contributed by atoms with Gasteiger partial charge in [0.05, 0.1) is 11.0 Å². The zero-order valence-corrected chi connectivity index (χ0v) is 11.8. The van der Waals surface area contributed by atoms with Crippen molar-refractivity contribution in [3.05, 3.63) is 24.0 Å². The van der Waals surface area contributed by atoms with Crippen molar-refractivity contribution >= 4 is 22.9 Å². The maximum Gasteiger partial charge on any atom is 0.244 e. The Morgan fingerprint density at radius 1 is 1.57 bits per heavy atom. The number of hydrogen-bond donors (Lipinski definition) is 3. The average Bonchev–Trinajstić information content (AvgIpc) is 2.90. The molecule has 0 aliphatic carbocycles. The predicted octanol–water partition coefficient (Wildman–Crippen LogP) is 0.616. The van der Waals surface area contributed by atoms with E-state index in [9.17, 15) is 9.18 Å². The van der Waals surface area contributed by atoms with Crippen molar-refractivity contribution < 1.29 is 9.18 Å². The predicted molar refractivity (Wildman–Crippen MR) is 78.7 cm³/mol. The van der Waals surface area contributed by atoms with E-state index in [0.29, 0.717) is 36.6 Å². The molecule has 1 atom stereocenters. The van der Waals surface area contributed by atoms with Crippen LogP contribution in [0.3, 0.4) is 0 Å². The Hall–Kier alpha value is -2.15. The minimum atomic E-state index is -0.316. The Morgan fingerprint density at radius 2 is 2.43 bits per heavy atom. The topological polar surface area (TPSA) is 73.1 Å². The van der Waals surface area contributed by atoms with E-state index >= 15 is 0 Å². The number of aromatic nitrogens is 2. The first-order valence-electron chi connectivity index (χ1n) is 7.09. The number of amides is 1. The summed E-state index contributed by atoms with van der Waals surface area (Å²) in [6, 6.07) is 4.11. The van der Waals surface area contributed by atoms with Crippen molar-refractivity contribution in [2.75, 3.05) is 31.1 Å².